The van der Waals surface area contributed by atoms with Gasteiger partial charge in [0.15, 0.2) is 0 Å². The Kier molecular flexibility index (Phi) is 5.16. The second kappa shape index (κ2) is 7.87. The Bertz CT molecular complexity index is 874. The number of rotatable bonds is 6. The van der Waals surface area contributed by atoms with E-state index in [2.05, 4.69) is 20.6 Å². The molecule has 0 aliphatic carbocycles. The molecule has 2 aromatic heterocycles. The van der Waals surface area contributed by atoms with Gasteiger partial charge in [0.05, 0.1) is 25.5 Å². The Morgan fingerprint density at radius 1 is 1.32 bits per heavy atom. The van der Waals surface area contributed by atoms with Gasteiger partial charge in [0.1, 0.15) is 11.4 Å². The van der Waals surface area contributed by atoms with E-state index in [-0.39, 0.29) is 5.91 Å². The summed E-state index contributed by atoms with van der Waals surface area (Å²) in [6.07, 6.45) is 8.30. The highest BCUT2D eigenvalue weighted by molar-refractivity contribution is 5.91. The minimum Gasteiger partial charge on any atom is -0.497 e. The molecule has 0 bridgehead atoms. The molecular weight excluding hydrogens is 318 g/mol. The van der Waals surface area contributed by atoms with Gasteiger partial charge in [-0.05, 0) is 29.8 Å². The van der Waals surface area contributed by atoms with Crippen LogP contribution in [0.2, 0.25) is 0 Å². The molecule has 7 nitrogen and oxygen atoms in total. The van der Waals surface area contributed by atoms with E-state index >= 15 is 0 Å². The molecule has 3 aromatic rings. The SMILES string of the molecule is COc1cccc(-n2cc(CNC(=O)C=Cc3cccnc3)nn2)c1. The molecule has 0 unspecified atom stereocenters. The third kappa shape index (κ3) is 4.51. The summed E-state index contributed by atoms with van der Waals surface area (Å²) in [7, 11) is 1.61. The topological polar surface area (TPSA) is 81.9 Å². The monoisotopic (exact) mass is 335 g/mol. The maximum atomic E-state index is 11.9. The summed E-state index contributed by atoms with van der Waals surface area (Å²) in [6, 6.07) is 11.2. The minimum atomic E-state index is -0.209. The third-order valence-corrected chi connectivity index (χ3v) is 3.41. The second-order valence-corrected chi connectivity index (χ2v) is 5.19. The number of nitrogens with zero attached hydrogens (tertiary/aromatic N) is 4. The van der Waals surface area contributed by atoms with E-state index in [0.717, 1.165) is 17.0 Å². The van der Waals surface area contributed by atoms with E-state index < -0.39 is 0 Å². The summed E-state index contributed by atoms with van der Waals surface area (Å²) in [5.74, 6) is 0.531. The van der Waals surface area contributed by atoms with E-state index in [1.807, 2.05) is 36.4 Å². The van der Waals surface area contributed by atoms with Crippen LogP contribution in [-0.4, -0.2) is 33.0 Å². The van der Waals surface area contributed by atoms with Crippen molar-refractivity contribution >= 4 is 12.0 Å². The number of pyridine rings is 1. The number of benzene rings is 1. The van der Waals surface area contributed by atoms with Gasteiger partial charge in [0.25, 0.3) is 0 Å². The summed E-state index contributed by atoms with van der Waals surface area (Å²) in [5, 5.41) is 10.9. The van der Waals surface area contributed by atoms with Crippen LogP contribution in [0.15, 0.2) is 61.1 Å². The van der Waals surface area contributed by atoms with Crippen LogP contribution in [0.1, 0.15) is 11.3 Å². The van der Waals surface area contributed by atoms with Gasteiger partial charge < -0.3 is 10.1 Å². The number of carbonyl (C=O) groups excluding carboxylic acids is 1. The molecule has 3 rings (SSSR count). The molecular formula is C18H17N5O2. The van der Waals surface area contributed by atoms with E-state index in [1.54, 1.807) is 36.5 Å². The van der Waals surface area contributed by atoms with Crippen molar-refractivity contribution in [1.29, 1.82) is 0 Å². The molecule has 0 fully saturated rings. The first kappa shape index (κ1) is 16.4. The van der Waals surface area contributed by atoms with E-state index in [9.17, 15) is 4.79 Å². The summed E-state index contributed by atoms with van der Waals surface area (Å²) in [4.78, 5) is 15.8. The van der Waals surface area contributed by atoms with Crippen LogP contribution in [0.5, 0.6) is 5.75 Å². The fraction of sp³-hybridized carbons (Fsp3) is 0.111. The Balaban J connectivity index is 1.58. The van der Waals surface area contributed by atoms with Crippen molar-refractivity contribution in [1.82, 2.24) is 25.3 Å². The molecule has 25 heavy (non-hydrogen) atoms. The third-order valence-electron chi connectivity index (χ3n) is 3.41. The number of methoxy groups -OCH3 is 1. The molecule has 126 valence electrons. The van der Waals surface area contributed by atoms with Gasteiger partial charge in [-0.3, -0.25) is 9.78 Å². The molecule has 1 aromatic carbocycles. The first-order valence-electron chi connectivity index (χ1n) is 7.66. The summed E-state index contributed by atoms with van der Waals surface area (Å²) in [6.45, 7) is 0.292. The van der Waals surface area contributed by atoms with Crippen molar-refractivity contribution in [3.8, 4) is 11.4 Å². The first-order valence-corrected chi connectivity index (χ1v) is 7.66. The van der Waals surface area contributed by atoms with Gasteiger partial charge >= 0.3 is 0 Å². The molecule has 1 amide bonds. The summed E-state index contributed by atoms with van der Waals surface area (Å²) in [5.41, 5.74) is 2.36. The first-order chi connectivity index (χ1) is 12.2. The highest BCUT2D eigenvalue weighted by Crippen LogP contribution is 2.15. The molecule has 0 saturated carbocycles. The standard InChI is InChI=1S/C18H17N5O2/c1-25-17-6-2-5-16(10-17)23-13-15(21-22-23)12-20-18(24)8-7-14-4-3-9-19-11-14/h2-11,13H,12H2,1H3,(H,20,24). The summed E-state index contributed by atoms with van der Waals surface area (Å²) >= 11 is 0. The number of carbonyl (C=O) groups is 1. The number of ether oxygens (including phenoxy) is 1. The minimum absolute atomic E-state index is 0.209. The van der Waals surface area contributed by atoms with Crippen LogP contribution in [-0.2, 0) is 11.3 Å². The predicted octanol–water partition coefficient (Wildman–Crippen LogP) is 2.00. The smallest absolute Gasteiger partial charge is 0.244 e. The lowest BCUT2D eigenvalue weighted by molar-refractivity contribution is -0.116. The maximum Gasteiger partial charge on any atom is 0.244 e. The Morgan fingerprint density at radius 3 is 3.04 bits per heavy atom. The number of hydrogen-bond donors (Lipinski definition) is 1. The van der Waals surface area contributed by atoms with E-state index in [0.29, 0.717) is 12.2 Å². The molecule has 0 atom stereocenters. The lowest BCUT2D eigenvalue weighted by atomic mass is 10.2. The van der Waals surface area contributed by atoms with Crippen LogP contribution in [0.4, 0.5) is 0 Å². The van der Waals surface area contributed by atoms with Crippen molar-refractivity contribution in [3.05, 3.63) is 72.3 Å². The van der Waals surface area contributed by atoms with Crippen molar-refractivity contribution in [2.45, 2.75) is 6.54 Å². The number of aromatic nitrogens is 4. The molecule has 0 aliphatic rings. The zero-order valence-electron chi connectivity index (χ0n) is 13.7. The van der Waals surface area contributed by atoms with Crippen molar-refractivity contribution in [3.63, 3.8) is 0 Å². The van der Waals surface area contributed by atoms with Gasteiger partial charge in [-0.15, -0.1) is 5.10 Å². The van der Waals surface area contributed by atoms with Gasteiger partial charge in [-0.25, -0.2) is 4.68 Å². The largest absolute Gasteiger partial charge is 0.497 e. The zero-order valence-corrected chi connectivity index (χ0v) is 13.7. The average molecular weight is 335 g/mol. The highest BCUT2D eigenvalue weighted by Gasteiger charge is 2.05. The van der Waals surface area contributed by atoms with Crippen molar-refractivity contribution in [2.24, 2.45) is 0 Å². The molecule has 0 aliphatic heterocycles. The van der Waals surface area contributed by atoms with Crippen molar-refractivity contribution in [2.75, 3.05) is 7.11 Å². The highest BCUT2D eigenvalue weighted by atomic mass is 16.5. The van der Waals surface area contributed by atoms with Crippen LogP contribution >= 0.6 is 0 Å². The zero-order chi connectivity index (χ0) is 17.5. The van der Waals surface area contributed by atoms with Gasteiger partial charge in [0.2, 0.25) is 5.91 Å². The Morgan fingerprint density at radius 2 is 2.24 bits per heavy atom. The van der Waals surface area contributed by atoms with Crippen LogP contribution < -0.4 is 10.1 Å². The fourth-order valence-corrected chi connectivity index (χ4v) is 2.14. The molecule has 0 radical (unpaired) electrons. The Labute approximate surface area is 145 Å². The lowest BCUT2D eigenvalue weighted by Crippen LogP contribution is -2.20. The number of nitrogens with one attached hydrogen (secondary N) is 1. The van der Waals surface area contributed by atoms with E-state index in [1.165, 1.54) is 6.08 Å². The quantitative estimate of drug-likeness (QED) is 0.697. The predicted molar refractivity (Wildman–Crippen MR) is 93.0 cm³/mol. The molecule has 7 heteroatoms. The van der Waals surface area contributed by atoms with Crippen LogP contribution in [0.3, 0.4) is 0 Å². The van der Waals surface area contributed by atoms with Crippen LogP contribution in [0, 0.1) is 0 Å². The normalized spacial score (nSPS) is 10.8. The van der Waals surface area contributed by atoms with Crippen LogP contribution in [0.25, 0.3) is 11.8 Å². The lowest BCUT2D eigenvalue weighted by Gasteiger charge is -2.03. The van der Waals surface area contributed by atoms with E-state index in [4.69, 9.17) is 4.74 Å². The molecule has 2 heterocycles. The van der Waals surface area contributed by atoms with Gasteiger partial charge in [0, 0.05) is 24.5 Å². The summed E-state index contributed by atoms with van der Waals surface area (Å²) < 4.78 is 6.83. The molecule has 0 spiro atoms. The molecule has 1 N–H and O–H groups in total. The fourth-order valence-electron chi connectivity index (χ4n) is 2.14. The number of amides is 1. The Hall–Kier alpha value is -3.48. The van der Waals surface area contributed by atoms with Gasteiger partial charge in [-0.2, -0.15) is 0 Å². The second-order valence-electron chi connectivity index (χ2n) is 5.19. The van der Waals surface area contributed by atoms with Gasteiger partial charge in [-0.1, -0.05) is 17.3 Å². The number of hydrogen-bond acceptors (Lipinski definition) is 5. The van der Waals surface area contributed by atoms with Crippen molar-refractivity contribution < 1.29 is 9.53 Å². The molecule has 0 saturated heterocycles. The average Bonchev–Trinajstić information content (AvgIpc) is 3.15. The maximum absolute atomic E-state index is 11.9.